The summed E-state index contributed by atoms with van der Waals surface area (Å²) in [6.07, 6.45) is 4.53. The van der Waals surface area contributed by atoms with E-state index < -0.39 is 23.9 Å². The van der Waals surface area contributed by atoms with Crippen molar-refractivity contribution in [3.63, 3.8) is 0 Å². The first-order valence-corrected chi connectivity index (χ1v) is 7.75. The normalized spacial score (nSPS) is 9.60. The largest absolute Gasteiger partial charge is 0.481 e. The van der Waals surface area contributed by atoms with Crippen molar-refractivity contribution in [1.82, 2.24) is 0 Å². The zero-order valence-corrected chi connectivity index (χ0v) is 13.7. The summed E-state index contributed by atoms with van der Waals surface area (Å²) < 4.78 is 0. The van der Waals surface area contributed by atoms with Gasteiger partial charge in [-0.2, -0.15) is 0 Å². The summed E-state index contributed by atoms with van der Waals surface area (Å²) in [6.45, 7) is 0. The van der Waals surface area contributed by atoms with Gasteiger partial charge in [0.05, 0.1) is 11.1 Å². The minimum Gasteiger partial charge on any atom is -0.481 e. The molecule has 25 heavy (non-hydrogen) atoms. The van der Waals surface area contributed by atoms with Gasteiger partial charge in [0.2, 0.25) is 0 Å². The van der Waals surface area contributed by atoms with Crippen molar-refractivity contribution in [3.8, 4) is 0 Å². The molecule has 0 saturated heterocycles. The van der Waals surface area contributed by atoms with Gasteiger partial charge in [0.15, 0.2) is 0 Å². The van der Waals surface area contributed by atoms with Gasteiger partial charge in [-0.1, -0.05) is 31.4 Å². The lowest BCUT2D eigenvalue weighted by Gasteiger charge is -1.98. The molecule has 1 rings (SSSR count). The maximum Gasteiger partial charge on any atom is 0.336 e. The van der Waals surface area contributed by atoms with Crippen molar-refractivity contribution < 1.29 is 39.6 Å². The van der Waals surface area contributed by atoms with Crippen molar-refractivity contribution in [2.24, 2.45) is 0 Å². The molecule has 0 fully saturated rings. The number of hydrogen-bond acceptors (Lipinski definition) is 4. The van der Waals surface area contributed by atoms with Gasteiger partial charge in [0.25, 0.3) is 0 Å². The van der Waals surface area contributed by atoms with Crippen molar-refractivity contribution in [2.45, 2.75) is 44.9 Å². The van der Waals surface area contributed by atoms with Crippen molar-refractivity contribution in [2.75, 3.05) is 0 Å². The number of aliphatic carboxylic acids is 2. The number of carbonyl (C=O) groups is 4. The molecule has 0 aromatic heterocycles. The van der Waals surface area contributed by atoms with E-state index in [1.54, 1.807) is 0 Å². The van der Waals surface area contributed by atoms with Crippen LogP contribution in [0.1, 0.15) is 65.7 Å². The van der Waals surface area contributed by atoms with Crippen LogP contribution in [-0.4, -0.2) is 44.3 Å². The lowest BCUT2D eigenvalue weighted by atomic mass is 10.1. The SMILES string of the molecule is O=C(O)CCCCCCCC(=O)O.O=C(O)c1ccccc1C(=O)O. The first kappa shape index (κ1) is 22.1. The van der Waals surface area contributed by atoms with Gasteiger partial charge in [0, 0.05) is 12.8 Å². The van der Waals surface area contributed by atoms with Gasteiger partial charge in [-0.3, -0.25) is 9.59 Å². The van der Waals surface area contributed by atoms with Crippen LogP contribution in [-0.2, 0) is 9.59 Å². The van der Waals surface area contributed by atoms with E-state index in [1.165, 1.54) is 24.3 Å². The standard InChI is InChI=1S/C9H16O4.C8H6O4/c10-8(11)6-4-2-1-3-5-7-9(12)13;9-7(10)5-3-1-2-4-6(5)8(11)12/h1-7H2,(H,10,11)(H,12,13);1-4H,(H,9,10)(H,11,12). The minimum absolute atomic E-state index is 0.190. The minimum atomic E-state index is -1.23. The molecular formula is C17H22O8. The van der Waals surface area contributed by atoms with Crippen molar-refractivity contribution in [1.29, 1.82) is 0 Å². The Morgan fingerprint density at radius 3 is 1.20 bits per heavy atom. The van der Waals surface area contributed by atoms with E-state index >= 15 is 0 Å². The Labute approximate surface area is 144 Å². The lowest BCUT2D eigenvalue weighted by molar-refractivity contribution is -0.138. The van der Waals surface area contributed by atoms with Crippen LogP contribution < -0.4 is 0 Å². The van der Waals surface area contributed by atoms with E-state index in [-0.39, 0.29) is 24.0 Å². The summed E-state index contributed by atoms with van der Waals surface area (Å²) in [5, 5.41) is 33.7. The number of carboxylic acids is 4. The Morgan fingerprint density at radius 1 is 0.600 bits per heavy atom. The highest BCUT2D eigenvalue weighted by molar-refractivity contribution is 6.01. The molecule has 0 bridgehead atoms. The number of hydrogen-bond donors (Lipinski definition) is 4. The molecule has 0 saturated carbocycles. The predicted molar refractivity (Wildman–Crippen MR) is 88.0 cm³/mol. The highest BCUT2D eigenvalue weighted by Gasteiger charge is 2.13. The molecule has 0 unspecified atom stereocenters. The smallest absolute Gasteiger partial charge is 0.336 e. The third-order valence-electron chi connectivity index (χ3n) is 3.17. The molecule has 0 heterocycles. The van der Waals surface area contributed by atoms with Gasteiger partial charge in [0.1, 0.15) is 0 Å². The monoisotopic (exact) mass is 354 g/mol. The lowest BCUT2D eigenvalue weighted by Crippen LogP contribution is -2.06. The summed E-state index contributed by atoms with van der Waals surface area (Å²) in [4.78, 5) is 41.1. The average molecular weight is 354 g/mol. The third-order valence-corrected chi connectivity index (χ3v) is 3.17. The molecule has 0 aliphatic rings. The van der Waals surface area contributed by atoms with Crippen LogP contribution in [0.2, 0.25) is 0 Å². The molecule has 138 valence electrons. The fourth-order valence-corrected chi connectivity index (χ4v) is 1.94. The molecule has 4 N–H and O–H groups in total. The molecule has 0 radical (unpaired) electrons. The summed E-state index contributed by atoms with van der Waals surface area (Å²) >= 11 is 0. The summed E-state index contributed by atoms with van der Waals surface area (Å²) in [7, 11) is 0. The molecule has 0 atom stereocenters. The van der Waals surface area contributed by atoms with Gasteiger partial charge in [-0.15, -0.1) is 0 Å². The zero-order valence-electron chi connectivity index (χ0n) is 13.7. The van der Waals surface area contributed by atoms with E-state index in [0.29, 0.717) is 12.8 Å². The van der Waals surface area contributed by atoms with Crippen LogP contribution in [0.5, 0.6) is 0 Å². The first-order chi connectivity index (χ1) is 11.8. The second-order valence-corrected chi connectivity index (χ2v) is 5.21. The molecule has 0 aliphatic heterocycles. The Balaban J connectivity index is 0.000000462. The summed E-state index contributed by atoms with van der Waals surface area (Å²) in [5.41, 5.74) is -0.380. The molecule has 8 heteroatoms. The van der Waals surface area contributed by atoms with Gasteiger partial charge in [-0.05, 0) is 25.0 Å². The number of benzene rings is 1. The van der Waals surface area contributed by atoms with Crippen LogP contribution >= 0.6 is 0 Å². The molecular weight excluding hydrogens is 332 g/mol. The molecule has 0 spiro atoms. The maximum absolute atomic E-state index is 10.5. The Morgan fingerprint density at radius 2 is 0.920 bits per heavy atom. The topological polar surface area (TPSA) is 149 Å². The van der Waals surface area contributed by atoms with Crippen LogP contribution in [0.3, 0.4) is 0 Å². The predicted octanol–water partition coefficient (Wildman–Crippen LogP) is 2.97. The maximum atomic E-state index is 10.5. The fourth-order valence-electron chi connectivity index (χ4n) is 1.94. The van der Waals surface area contributed by atoms with Crippen LogP contribution in [0.15, 0.2) is 24.3 Å². The van der Waals surface area contributed by atoms with Crippen LogP contribution in [0.25, 0.3) is 0 Å². The third kappa shape index (κ3) is 11.3. The highest BCUT2D eigenvalue weighted by Crippen LogP contribution is 2.08. The summed E-state index contributed by atoms with van der Waals surface area (Å²) in [6, 6.07) is 5.48. The van der Waals surface area contributed by atoms with Gasteiger partial charge >= 0.3 is 23.9 Å². The van der Waals surface area contributed by atoms with Crippen LogP contribution in [0, 0.1) is 0 Å². The number of unbranched alkanes of at least 4 members (excludes halogenated alkanes) is 4. The number of carboxylic acid groups (broad SMARTS) is 4. The first-order valence-electron chi connectivity index (χ1n) is 7.75. The van der Waals surface area contributed by atoms with Crippen molar-refractivity contribution in [3.05, 3.63) is 35.4 Å². The Bertz CT molecular complexity index is 543. The molecule has 0 aliphatic carbocycles. The fraction of sp³-hybridized carbons (Fsp3) is 0.412. The highest BCUT2D eigenvalue weighted by atomic mass is 16.4. The van der Waals surface area contributed by atoms with E-state index in [4.69, 9.17) is 20.4 Å². The van der Waals surface area contributed by atoms with E-state index in [0.717, 1.165) is 19.3 Å². The molecule has 8 nitrogen and oxygen atoms in total. The van der Waals surface area contributed by atoms with Gasteiger partial charge in [-0.25, -0.2) is 9.59 Å². The van der Waals surface area contributed by atoms with E-state index in [1.807, 2.05) is 0 Å². The molecule has 1 aromatic rings. The van der Waals surface area contributed by atoms with Crippen molar-refractivity contribution >= 4 is 23.9 Å². The molecule has 1 aromatic carbocycles. The van der Waals surface area contributed by atoms with E-state index in [2.05, 4.69) is 0 Å². The second-order valence-electron chi connectivity index (χ2n) is 5.21. The molecule has 0 amide bonds. The zero-order chi connectivity index (χ0) is 19.2. The second kappa shape index (κ2) is 12.5. The Hall–Kier alpha value is -2.90. The van der Waals surface area contributed by atoms with Gasteiger partial charge < -0.3 is 20.4 Å². The van der Waals surface area contributed by atoms with E-state index in [9.17, 15) is 19.2 Å². The number of rotatable bonds is 10. The average Bonchev–Trinajstić information content (AvgIpc) is 2.54. The quantitative estimate of drug-likeness (QED) is 0.468. The summed E-state index contributed by atoms with van der Waals surface area (Å²) in [5.74, 6) is -3.97. The Kier molecular flexibility index (Phi) is 11.1. The van der Waals surface area contributed by atoms with Crippen LogP contribution in [0.4, 0.5) is 0 Å². The number of aromatic carboxylic acids is 2.